The van der Waals surface area contributed by atoms with Gasteiger partial charge in [0.2, 0.25) is 6.79 Å². The first-order valence-electron chi connectivity index (χ1n) is 7.98. The molecule has 0 spiro atoms. The zero-order chi connectivity index (χ0) is 16.7. The van der Waals surface area contributed by atoms with Crippen LogP contribution >= 0.6 is 0 Å². The minimum absolute atomic E-state index is 0.171. The maximum Gasteiger partial charge on any atom is 0.325 e. The quantitative estimate of drug-likeness (QED) is 0.845. The summed E-state index contributed by atoms with van der Waals surface area (Å²) >= 11 is 0. The SMILES string of the molecule is CN(Cc1cc(C2CC2)n[nH]1)[C@H](C(=O)O)c1ccc2c(c1)OCO2. The Kier molecular flexibility index (Phi) is 3.65. The topological polar surface area (TPSA) is 87.7 Å². The highest BCUT2D eigenvalue weighted by Gasteiger charge is 2.29. The highest BCUT2D eigenvalue weighted by molar-refractivity contribution is 5.76. The van der Waals surface area contributed by atoms with E-state index in [4.69, 9.17) is 9.47 Å². The molecule has 1 aliphatic carbocycles. The summed E-state index contributed by atoms with van der Waals surface area (Å²) in [4.78, 5) is 13.6. The van der Waals surface area contributed by atoms with Crippen molar-refractivity contribution < 1.29 is 19.4 Å². The number of nitrogens with zero attached hydrogens (tertiary/aromatic N) is 2. The number of carbonyl (C=O) groups is 1. The molecule has 7 heteroatoms. The van der Waals surface area contributed by atoms with Gasteiger partial charge >= 0.3 is 5.97 Å². The molecule has 2 aliphatic rings. The van der Waals surface area contributed by atoms with Crippen molar-refractivity contribution >= 4 is 5.97 Å². The van der Waals surface area contributed by atoms with E-state index >= 15 is 0 Å². The molecule has 24 heavy (non-hydrogen) atoms. The summed E-state index contributed by atoms with van der Waals surface area (Å²) in [7, 11) is 1.79. The van der Waals surface area contributed by atoms with Crippen molar-refractivity contribution in [1.82, 2.24) is 15.1 Å². The molecule has 126 valence electrons. The molecule has 2 aromatic rings. The summed E-state index contributed by atoms with van der Waals surface area (Å²) in [6, 6.07) is 6.52. The van der Waals surface area contributed by atoms with Crippen LogP contribution in [0.4, 0.5) is 0 Å². The lowest BCUT2D eigenvalue weighted by Crippen LogP contribution is -2.30. The maximum atomic E-state index is 11.8. The van der Waals surface area contributed by atoms with Crippen molar-refractivity contribution in [2.75, 3.05) is 13.8 Å². The number of ether oxygens (including phenoxy) is 2. The average molecular weight is 329 g/mol. The van der Waals surface area contributed by atoms with Gasteiger partial charge < -0.3 is 14.6 Å². The highest BCUT2D eigenvalue weighted by Crippen LogP contribution is 2.39. The number of benzene rings is 1. The second-order valence-electron chi connectivity index (χ2n) is 6.36. The van der Waals surface area contributed by atoms with Crippen LogP contribution < -0.4 is 9.47 Å². The molecule has 2 N–H and O–H groups in total. The number of H-pyrrole nitrogens is 1. The highest BCUT2D eigenvalue weighted by atomic mass is 16.7. The summed E-state index contributed by atoms with van der Waals surface area (Å²) in [6.07, 6.45) is 2.38. The smallest absolute Gasteiger partial charge is 0.325 e. The predicted octanol–water partition coefficient (Wildman–Crippen LogP) is 2.27. The van der Waals surface area contributed by atoms with Gasteiger partial charge in [-0.1, -0.05) is 6.07 Å². The number of aromatic nitrogens is 2. The van der Waals surface area contributed by atoms with Crippen LogP contribution in [0, 0.1) is 0 Å². The van der Waals surface area contributed by atoms with E-state index in [1.165, 1.54) is 12.8 Å². The lowest BCUT2D eigenvalue weighted by Gasteiger charge is -2.24. The lowest BCUT2D eigenvalue weighted by atomic mass is 10.0. The van der Waals surface area contributed by atoms with Crippen molar-refractivity contribution in [1.29, 1.82) is 0 Å². The monoisotopic (exact) mass is 329 g/mol. The van der Waals surface area contributed by atoms with Gasteiger partial charge in [-0.15, -0.1) is 0 Å². The van der Waals surface area contributed by atoms with Gasteiger partial charge in [0.25, 0.3) is 0 Å². The van der Waals surface area contributed by atoms with Gasteiger partial charge in [0.1, 0.15) is 6.04 Å². The van der Waals surface area contributed by atoms with Crippen LogP contribution in [-0.2, 0) is 11.3 Å². The third kappa shape index (κ3) is 2.82. The predicted molar refractivity (Wildman–Crippen MR) is 85.0 cm³/mol. The second-order valence-corrected chi connectivity index (χ2v) is 6.36. The Hall–Kier alpha value is -2.54. The molecule has 0 amide bonds. The third-order valence-corrected chi connectivity index (χ3v) is 4.45. The molecule has 1 saturated carbocycles. The fraction of sp³-hybridized carbons (Fsp3) is 0.412. The first-order chi connectivity index (χ1) is 11.6. The van der Waals surface area contributed by atoms with Gasteiger partial charge in [0.15, 0.2) is 11.5 Å². The van der Waals surface area contributed by atoms with E-state index in [1.807, 2.05) is 6.07 Å². The van der Waals surface area contributed by atoms with E-state index < -0.39 is 12.0 Å². The number of likely N-dealkylation sites (N-methyl/N-ethyl adjacent to an activating group) is 1. The van der Waals surface area contributed by atoms with Crippen LogP contribution in [0.3, 0.4) is 0 Å². The Labute approximate surface area is 139 Å². The molecular weight excluding hydrogens is 310 g/mol. The molecule has 7 nitrogen and oxygen atoms in total. The fourth-order valence-corrected chi connectivity index (χ4v) is 3.08. The number of fused-ring (bicyclic) bond motifs is 1. The minimum atomic E-state index is -0.904. The van der Waals surface area contributed by atoms with E-state index in [1.54, 1.807) is 30.1 Å². The van der Waals surface area contributed by atoms with Crippen molar-refractivity contribution in [3.05, 3.63) is 41.2 Å². The van der Waals surface area contributed by atoms with Crippen LogP contribution in [0.5, 0.6) is 11.5 Å². The van der Waals surface area contributed by atoms with Gasteiger partial charge in [-0.3, -0.25) is 14.8 Å². The van der Waals surface area contributed by atoms with E-state index in [0.29, 0.717) is 29.5 Å². The van der Waals surface area contributed by atoms with Crippen LogP contribution in [0.2, 0.25) is 0 Å². The van der Waals surface area contributed by atoms with Crippen LogP contribution in [0.15, 0.2) is 24.3 Å². The van der Waals surface area contributed by atoms with Crippen molar-refractivity contribution in [3.8, 4) is 11.5 Å². The average Bonchev–Trinajstić information content (AvgIpc) is 3.11. The first kappa shape index (κ1) is 15.0. The molecule has 0 radical (unpaired) electrons. The summed E-state index contributed by atoms with van der Waals surface area (Å²) in [6.45, 7) is 0.648. The zero-order valence-electron chi connectivity index (χ0n) is 13.4. The third-order valence-electron chi connectivity index (χ3n) is 4.45. The van der Waals surface area contributed by atoms with Crippen molar-refractivity contribution in [3.63, 3.8) is 0 Å². The molecule has 0 bridgehead atoms. The van der Waals surface area contributed by atoms with Gasteiger partial charge in [-0.2, -0.15) is 5.10 Å². The Bertz CT molecular complexity index is 769. The standard InChI is InChI=1S/C17H19N3O4/c1-20(8-12-7-13(19-18-12)10-2-3-10)16(17(21)22)11-4-5-14-15(6-11)24-9-23-14/h4-7,10,16H,2-3,8-9H2,1H3,(H,18,19)(H,21,22)/t16-/m0/s1. The fourth-order valence-electron chi connectivity index (χ4n) is 3.08. The van der Waals surface area contributed by atoms with E-state index in [2.05, 4.69) is 10.2 Å². The Balaban J connectivity index is 1.54. The van der Waals surface area contributed by atoms with Gasteiger partial charge in [0.05, 0.1) is 5.69 Å². The number of carboxylic acid groups (broad SMARTS) is 1. The Morgan fingerprint density at radius 2 is 2.17 bits per heavy atom. The number of nitrogens with one attached hydrogen (secondary N) is 1. The number of hydrogen-bond acceptors (Lipinski definition) is 5. The van der Waals surface area contributed by atoms with Crippen LogP contribution in [0.1, 0.15) is 41.8 Å². The molecular formula is C17H19N3O4. The zero-order valence-corrected chi connectivity index (χ0v) is 13.4. The minimum Gasteiger partial charge on any atom is -0.480 e. The summed E-state index contributed by atoms with van der Waals surface area (Å²) in [5, 5.41) is 17.0. The van der Waals surface area contributed by atoms with Gasteiger partial charge in [-0.25, -0.2) is 0 Å². The lowest BCUT2D eigenvalue weighted by molar-refractivity contribution is -0.143. The molecule has 4 rings (SSSR count). The molecule has 1 atom stereocenters. The Morgan fingerprint density at radius 3 is 2.92 bits per heavy atom. The Morgan fingerprint density at radius 1 is 1.38 bits per heavy atom. The number of rotatable bonds is 6. The van der Waals surface area contributed by atoms with E-state index in [-0.39, 0.29) is 6.79 Å². The number of carboxylic acids is 1. The number of aromatic amines is 1. The largest absolute Gasteiger partial charge is 0.480 e. The van der Waals surface area contributed by atoms with Crippen LogP contribution in [-0.4, -0.2) is 40.0 Å². The number of hydrogen-bond donors (Lipinski definition) is 2. The summed E-state index contributed by atoms with van der Waals surface area (Å²) < 4.78 is 10.6. The molecule has 2 heterocycles. The molecule has 1 aliphatic heterocycles. The second kappa shape index (κ2) is 5.83. The summed E-state index contributed by atoms with van der Waals surface area (Å²) in [5.41, 5.74) is 2.66. The first-order valence-corrected chi connectivity index (χ1v) is 7.98. The van der Waals surface area contributed by atoms with Crippen LogP contribution in [0.25, 0.3) is 0 Å². The van der Waals surface area contributed by atoms with Gasteiger partial charge in [0, 0.05) is 18.2 Å². The molecule has 1 aromatic heterocycles. The molecule has 1 fully saturated rings. The molecule has 0 unspecified atom stereocenters. The van der Waals surface area contributed by atoms with Gasteiger partial charge in [-0.05, 0) is 43.7 Å². The molecule has 0 saturated heterocycles. The maximum absolute atomic E-state index is 11.8. The number of aliphatic carboxylic acids is 1. The van der Waals surface area contributed by atoms with E-state index in [9.17, 15) is 9.90 Å². The van der Waals surface area contributed by atoms with Crippen molar-refractivity contribution in [2.24, 2.45) is 0 Å². The van der Waals surface area contributed by atoms with Crippen molar-refractivity contribution in [2.45, 2.75) is 31.3 Å². The van der Waals surface area contributed by atoms with E-state index in [0.717, 1.165) is 11.4 Å². The molecule has 1 aromatic carbocycles. The normalized spacial score (nSPS) is 17.2. The summed E-state index contributed by atoms with van der Waals surface area (Å²) in [5.74, 6) is 0.903.